The molecule has 23 heavy (non-hydrogen) atoms. The molecule has 4 aliphatic rings. The maximum atomic E-state index is 8.72. The summed E-state index contributed by atoms with van der Waals surface area (Å²) in [5.41, 5.74) is -1.82. The molecule has 0 heteroatoms. The van der Waals surface area contributed by atoms with Gasteiger partial charge in [0.1, 0.15) is 0 Å². The van der Waals surface area contributed by atoms with Gasteiger partial charge in [-0.1, -0.05) is 56.3 Å². The minimum atomic E-state index is -3.51. The lowest BCUT2D eigenvalue weighted by atomic mass is 9.90. The average Bonchev–Trinajstić information content (AvgIpc) is 2.82. The Morgan fingerprint density at radius 1 is 0.696 bits per heavy atom. The molecular formula is C23H30. The van der Waals surface area contributed by atoms with Gasteiger partial charge in [0.2, 0.25) is 0 Å². The van der Waals surface area contributed by atoms with Gasteiger partial charge in [0.05, 0.1) is 0 Å². The highest BCUT2D eigenvalue weighted by Crippen LogP contribution is 2.24. The summed E-state index contributed by atoms with van der Waals surface area (Å²) in [5.74, 6) is -0.621. The third kappa shape index (κ3) is 4.47. The highest BCUT2D eigenvalue weighted by molar-refractivity contribution is 5.34. The lowest BCUT2D eigenvalue weighted by Gasteiger charge is -2.15. The van der Waals surface area contributed by atoms with E-state index in [-0.39, 0.29) is 5.56 Å². The van der Waals surface area contributed by atoms with Crippen molar-refractivity contribution in [3.8, 4) is 0 Å². The highest BCUT2D eigenvalue weighted by Gasteiger charge is 2.09. The Balaban J connectivity index is 2.52. The molecule has 0 nitrogen and oxygen atoms in total. The molecule has 0 radical (unpaired) electrons. The van der Waals surface area contributed by atoms with Crippen LogP contribution in [0.5, 0.6) is 0 Å². The molecule has 0 aromatic heterocycles. The van der Waals surface area contributed by atoms with Crippen molar-refractivity contribution in [2.75, 3.05) is 0 Å². The first-order chi connectivity index (χ1) is 17.2. The van der Waals surface area contributed by atoms with Gasteiger partial charge >= 0.3 is 0 Å². The molecule has 0 unspecified atom stereocenters. The van der Waals surface area contributed by atoms with E-state index in [9.17, 15) is 0 Å². The summed E-state index contributed by atoms with van der Waals surface area (Å²) < 4.78 is 137. The summed E-state index contributed by atoms with van der Waals surface area (Å²) in [7, 11) is 0. The molecule has 6 rings (SSSR count). The van der Waals surface area contributed by atoms with Crippen molar-refractivity contribution in [2.24, 2.45) is 0 Å². The second-order valence-corrected chi connectivity index (χ2v) is 5.53. The quantitative estimate of drug-likeness (QED) is 0.581. The van der Waals surface area contributed by atoms with E-state index in [2.05, 4.69) is 0 Å². The lowest BCUT2D eigenvalue weighted by molar-refractivity contribution is 0.711. The molecule has 0 spiro atoms. The molecule has 2 aromatic rings. The Kier molecular flexibility index (Phi) is 1.96. The normalized spacial score (nSPS) is 44.0. The molecule has 0 N–H and O–H groups in total. The molecule has 4 aliphatic carbocycles. The van der Waals surface area contributed by atoms with Crippen LogP contribution in [0.2, 0.25) is 0 Å². The van der Waals surface area contributed by atoms with Gasteiger partial charge in [0.15, 0.2) is 0 Å². The van der Waals surface area contributed by atoms with Gasteiger partial charge in [-0.2, -0.15) is 0 Å². The number of benzene rings is 2. The molecule has 0 saturated heterocycles. The van der Waals surface area contributed by atoms with E-state index in [1.165, 1.54) is 0 Å². The fourth-order valence-electron chi connectivity index (χ4n) is 2.28. The SMILES string of the molecule is [2H]C1([2H])c2ccc(cc2)C([2H])([2H])C([2H])([2H])C([2H])([2H])C([2H])([2H])c2ccc(cc2C(C)C)C([2H])([2H])C([2H])([2H])C1([2H])[2H]. The summed E-state index contributed by atoms with van der Waals surface area (Å²) in [4.78, 5) is 0. The molecule has 122 valence electrons. The minimum Gasteiger partial charge on any atom is -0.0588 e. The first kappa shape index (κ1) is 5.76. The van der Waals surface area contributed by atoms with Gasteiger partial charge in [0, 0.05) is 21.9 Å². The van der Waals surface area contributed by atoms with Gasteiger partial charge in [-0.05, 0) is 84.7 Å². The van der Waals surface area contributed by atoms with Crippen LogP contribution in [-0.2, 0) is 25.5 Å². The molecule has 4 bridgehead atoms. The van der Waals surface area contributed by atoms with Crippen LogP contribution in [-0.4, -0.2) is 0 Å². The zero-order valence-corrected chi connectivity index (χ0v) is 13.1. The van der Waals surface area contributed by atoms with Crippen molar-refractivity contribution < 1.29 is 21.9 Å². The van der Waals surface area contributed by atoms with E-state index in [0.717, 1.165) is 42.5 Å². The molecular weight excluding hydrogens is 276 g/mol. The summed E-state index contributed by atoms with van der Waals surface area (Å²) in [6.45, 7) is 3.15. The van der Waals surface area contributed by atoms with Crippen molar-refractivity contribution in [2.45, 2.75) is 70.7 Å². The van der Waals surface area contributed by atoms with Gasteiger partial charge in [0.25, 0.3) is 0 Å². The van der Waals surface area contributed by atoms with Crippen LogP contribution in [0, 0.1) is 0 Å². The van der Waals surface area contributed by atoms with Crippen molar-refractivity contribution in [3.63, 3.8) is 0 Å². The molecule has 0 saturated carbocycles. The molecule has 0 fully saturated rings. The van der Waals surface area contributed by atoms with Crippen LogP contribution in [0.3, 0.4) is 0 Å². The first-order valence-corrected chi connectivity index (χ1v) is 7.50. The Bertz CT molecular complexity index is 1240. The van der Waals surface area contributed by atoms with E-state index < -0.39 is 79.2 Å². The minimum absolute atomic E-state index is 0.0172. The predicted molar refractivity (Wildman–Crippen MR) is 100 cm³/mol. The lowest BCUT2D eigenvalue weighted by Crippen LogP contribution is -2.00. The van der Waals surface area contributed by atoms with E-state index >= 15 is 0 Å². The van der Waals surface area contributed by atoms with Crippen molar-refractivity contribution in [1.82, 2.24) is 0 Å². The molecule has 0 heterocycles. The monoisotopic (exact) mass is 322 g/mol. The van der Waals surface area contributed by atoms with E-state index in [1.54, 1.807) is 13.8 Å². The smallest absolute Gasteiger partial charge is 0.0316 e. The van der Waals surface area contributed by atoms with E-state index in [4.69, 9.17) is 21.9 Å². The third-order valence-electron chi connectivity index (χ3n) is 3.50. The second-order valence-electron chi connectivity index (χ2n) is 5.53. The highest BCUT2D eigenvalue weighted by atomic mass is 14.1. The van der Waals surface area contributed by atoms with E-state index in [1.807, 2.05) is 0 Å². The van der Waals surface area contributed by atoms with Gasteiger partial charge in [-0.25, -0.2) is 0 Å². The number of hydrogen-bond donors (Lipinski definition) is 0. The summed E-state index contributed by atoms with van der Waals surface area (Å²) in [6, 6.07) is 6.63. The number of hydrogen-bond acceptors (Lipinski definition) is 0. The van der Waals surface area contributed by atoms with Gasteiger partial charge in [-0.15, -0.1) is 0 Å². The average molecular weight is 323 g/mol. The standard InChI is InChI=1S/C23H30/c1-18(2)23-17-21-9-4-3-7-19-11-13-20(14-12-19)8-5-6-10-22(23)16-15-21/h11-18H,3-10H2,1-2H3/i3D2,4D2,5D2,6D2,7D2,8D2,9D2,10D2. The predicted octanol–water partition coefficient (Wildman–Crippen LogP) is 6.25. The maximum absolute atomic E-state index is 8.72. The van der Waals surface area contributed by atoms with Gasteiger partial charge in [-0.3, -0.25) is 0 Å². The van der Waals surface area contributed by atoms with Crippen molar-refractivity contribution in [3.05, 3.63) is 70.3 Å². The fraction of sp³-hybridized carbons (Fsp3) is 0.478. The largest absolute Gasteiger partial charge is 0.0588 e. The summed E-state index contributed by atoms with van der Waals surface area (Å²) in [6.07, 6.45) is -26.7. The number of rotatable bonds is 1. The van der Waals surface area contributed by atoms with Crippen LogP contribution < -0.4 is 0 Å². The van der Waals surface area contributed by atoms with E-state index in [0.29, 0.717) is 0 Å². The van der Waals surface area contributed by atoms with Crippen LogP contribution >= 0.6 is 0 Å². The zero-order valence-electron chi connectivity index (χ0n) is 29.1. The topological polar surface area (TPSA) is 0 Å². The van der Waals surface area contributed by atoms with Crippen LogP contribution in [0.1, 0.15) is 95.0 Å². The molecule has 0 atom stereocenters. The van der Waals surface area contributed by atoms with Crippen LogP contribution in [0.15, 0.2) is 42.5 Å². The third-order valence-corrected chi connectivity index (χ3v) is 3.50. The fourth-order valence-corrected chi connectivity index (χ4v) is 2.28. The molecule has 0 amide bonds. The van der Waals surface area contributed by atoms with Crippen molar-refractivity contribution in [1.29, 1.82) is 0 Å². The first-order valence-electron chi connectivity index (χ1n) is 15.5. The Hall–Kier alpha value is -1.56. The summed E-state index contributed by atoms with van der Waals surface area (Å²) >= 11 is 0. The molecule has 0 aliphatic heterocycles. The van der Waals surface area contributed by atoms with Gasteiger partial charge < -0.3 is 0 Å². The maximum Gasteiger partial charge on any atom is 0.0316 e. The van der Waals surface area contributed by atoms with Crippen molar-refractivity contribution >= 4 is 0 Å². The Labute approximate surface area is 164 Å². The number of aryl methyl sites for hydroxylation is 4. The second kappa shape index (κ2) is 7.81. The summed E-state index contributed by atoms with van der Waals surface area (Å²) in [5, 5.41) is 0. The Morgan fingerprint density at radius 2 is 1.17 bits per heavy atom. The zero-order chi connectivity index (χ0) is 30.4. The Morgan fingerprint density at radius 3 is 1.74 bits per heavy atom. The van der Waals surface area contributed by atoms with Crippen LogP contribution in [0.4, 0.5) is 0 Å². The molecule has 2 aromatic carbocycles. The van der Waals surface area contributed by atoms with Crippen LogP contribution in [0.25, 0.3) is 0 Å².